The number of nitrogens with zero attached hydrogens (tertiary/aromatic N) is 3. The van der Waals surface area contributed by atoms with E-state index in [9.17, 15) is 0 Å². The normalized spacial score (nSPS) is 13.1. The average Bonchev–Trinajstić information content (AvgIpc) is 2.62. The first-order chi connectivity index (χ1) is 12.8. The standard InChI is InChI=1S/C21H39N5O.HI/c1-16(2)26(17(3)4)14-13-23-21(22-5)24-15-19(25(6)7)18-11-9-10-12-20(18)27-8;/h9-12,16-17,19H,13-15H2,1-8H3,(H2,22,23,24);1H. The number of hydrogen-bond donors (Lipinski definition) is 2. The molecule has 1 aromatic carbocycles. The molecule has 162 valence electrons. The summed E-state index contributed by atoms with van der Waals surface area (Å²) in [5.41, 5.74) is 1.17. The van der Waals surface area contributed by atoms with Crippen LogP contribution >= 0.6 is 24.0 Å². The molecular weight excluding hydrogens is 465 g/mol. The summed E-state index contributed by atoms with van der Waals surface area (Å²) in [6.07, 6.45) is 0. The minimum absolute atomic E-state index is 0. The number of rotatable bonds is 10. The van der Waals surface area contributed by atoms with Crippen LogP contribution in [-0.2, 0) is 0 Å². The van der Waals surface area contributed by atoms with Crippen molar-refractivity contribution in [3.05, 3.63) is 29.8 Å². The molecule has 1 rings (SSSR count). The van der Waals surface area contributed by atoms with Crippen molar-refractivity contribution in [1.29, 1.82) is 0 Å². The second kappa shape index (κ2) is 14.0. The lowest BCUT2D eigenvalue weighted by atomic mass is 10.0. The van der Waals surface area contributed by atoms with Gasteiger partial charge in [-0.15, -0.1) is 24.0 Å². The predicted molar refractivity (Wildman–Crippen MR) is 131 cm³/mol. The van der Waals surface area contributed by atoms with Gasteiger partial charge in [0.2, 0.25) is 0 Å². The second-order valence-corrected chi connectivity index (χ2v) is 7.53. The molecule has 0 aromatic heterocycles. The molecule has 0 aliphatic heterocycles. The molecule has 0 saturated carbocycles. The molecule has 0 amide bonds. The number of aliphatic imine (C=N–C) groups is 1. The van der Waals surface area contributed by atoms with Crippen molar-refractivity contribution in [2.24, 2.45) is 4.99 Å². The minimum atomic E-state index is 0. The number of likely N-dealkylation sites (N-methyl/N-ethyl adjacent to an activating group) is 1. The Balaban J connectivity index is 0.00000729. The van der Waals surface area contributed by atoms with Gasteiger partial charge in [0.15, 0.2) is 5.96 Å². The van der Waals surface area contributed by atoms with Crippen molar-refractivity contribution in [1.82, 2.24) is 20.4 Å². The number of guanidine groups is 1. The summed E-state index contributed by atoms with van der Waals surface area (Å²) in [6.45, 7) is 11.5. The lowest BCUT2D eigenvalue weighted by Crippen LogP contribution is -2.46. The van der Waals surface area contributed by atoms with E-state index in [1.807, 2.05) is 25.2 Å². The highest BCUT2D eigenvalue weighted by Crippen LogP contribution is 2.27. The zero-order valence-corrected chi connectivity index (χ0v) is 21.2. The number of hydrogen-bond acceptors (Lipinski definition) is 4. The number of methoxy groups -OCH3 is 1. The Bertz CT molecular complexity index is 570. The van der Waals surface area contributed by atoms with E-state index in [1.165, 1.54) is 5.56 Å². The quantitative estimate of drug-likeness (QED) is 0.291. The molecule has 6 nitrogen and oxygen atoms in total. The first-order valence-corrected chi connectivity index (χ1v) is 9.81. The van der Waals surface area contributed by atoms with Crippen molar-refractivity contribution in [3.63, 3.8) is 0 Å². The Morgan fingerprint density at radius 3 is 2.18 bits per heavy atom. The highest BCUT2D eigenvalue weighted by atomic mass is 127. The molecule has 2 N–H and O–H groups in total. The van der Waals surface area contributed by atoms with Crippen LogP contribution in [0.5, 0.6) is 5.75 Å². The molecule has 28 heavy (non-hydrogen) atoms. The first kappa shape index (κ1) is 26.9. The average molecular weight is 505 g/mol. The monoisotopic (exact) mass is 505 g/mol. The van der Waals surface area contributed by atoms with Crippen LogP contribution in [0.3, 0.4) is 0 Å². The van der Waals surface area contributed by atoms with Crippen LogP contribution in [-0.4, -0.2) is 75.7 Å². The fraction of sp³-hybridized carbons (Fsp3) is 0.667. The highest BCUT2D eigenvalue weighted by Gasteiger charge is 2.18. The van der Waals surface area contributed by atoms with E-state index in [0.717, 1.165) is 31.3 Å². The topological polar surface area (TPSA) is 52.1 Å². The number of para-hydroxylation sites is 1. The van der Waals surface area contributed by atoms with E-state index in [-0.39, 0.29) is 30.0 Å². The van der Waals surface area contributed by atoms with E-state index in [2.05, 4.69) is 73.3 Å². The zero-order chi connectivity index (χ0) is 20.4. The van der Waals surface area contributed by atoms with Crippen LogP contribution in [0.25, 0.3) is 0 Å². The van der Waals surface area contributed by atoms with Gasteiger partial charge in [0.1, 0.15) is 5.75 Å². The van der Waals surface area contributed by atoms with Gasteiger partial charge in [0.05, 0.1) is 13.2 Å². The molecular formula is C21H40IN5O. The van der Waals surface area contributed by atoms with Crippen LogP contribution in [0, 0.1) is 0 Å². The predicted octanol–water partition coefficient (Wildman–Crippen LogP) is 3.20. The molecule has 0 spiro atoms. The van der Waals surface area contributed by atoms with Gasteiger partial charge in [-0.3, -0.25) is 9.89 Å². The lowest BCUT2D eigenvalue weighted by Gasteiger charge is -2.31. The summed E-state index contributed by atoms with van der Waals surface area (Å²) in [5.74, 6) is 1.73. The molecule has 0 fully saturated rings. The molecule has 0 saturated heterocycles. The summed E-state index contributed by atoms with van der Waals surface area (Å²) < 4.78 is 5.54. The van der Waals surface area contributed by atoms with Gasteiger partial charge >= 0.3 is 0 Å². The third-order valence-electron chi connectivity index (χ3n) is 4.80. The van der Waals surface area contributed by atoms with Crippen molar-refractivity contribution in [2.45, 2.75) is 45.8 Å². The van der Waals surface area contributed by atoms with Gasteiger partial charge in [0.25, 0.3) is 0 Å². The summed E-state index contributed by atoms with van der Waals surface area (Å²) in [5, 5.41) is 6.89. The number of halogens is 1. The van der Waals surface area contributed by atoms with Crippen molar-refractivity contribution in [3.8, 4) is 5.75 Å². The summed E-state index contributed by atoms with van der Waals surface area (Å²) in [7, 11) is 7.69. The smallest absolute Gasteiger partial charge is 0.191 e. The lowest BCUT2D eigenvalue weighted by molar-refractivity contribution is 0.178. The fourth-order valence-corrected chi connectivity index (χ4v) is 3.34. The maximum Gasteiger partial charge on any atom is 0.191 e. The van der Waals surface area contributed by atoms with Crippen LogP contribution in [0.15, 0.2) is 29.3 Å². The Morgan fingerprint density at radius 1 is 1.07 bits per heavy atom. The molecule has 0 aliphatic carbocycles. The maximum atomic E-state index is 5.54. The van der Waals surface area contributed by atoms with Crippen molar-refractivity contribution < 1.29 is 4.74 Å². The molecule has 1 aromatic rings. The third kappa shape index (κ3) is 8.53. The van der Waals surface area contributed by atoms with E-state index in [4.69, 9.17) is 4.74 Å². The summed E-state index contributed by atoms with van der Waals surface area (Å²) in [6, 6.07) is 9.42. The van der Waals surface area contributed by atoms with Gasteiger partial charge in [-0.2, -0.15) is 0 Å². The Hall–Kier alpha value is -1.06. The summed E-state index contributed by atoms with van der Waals surface area (Å²) in [4.78, 5) is 9.03. The Kier molecular flexibility index (Phi) is 13.5. The Labute approximate surface area is 189 Å². The third-order valence-corrected chi connectivity index (χ3v) is 4.80. The molecule has 0 radical (unpaired) electrons. The highest BCUT2D eigenvalue weighted by molar-refractivity contribution is 14.0. The first-order valence-electron chi connectivity index (χ1n) is 9.81. The van der Waals surface area contributed by atoms with Crippen LogP contribution < -0.4 is 15.4 Å². The molecule has 0 bridgehead atoms. The van der Waals surface area contributed by atoms with Gasteiger partial charge in [-0.1, -0.05) is 18.2 Å². The van der Waals surface area contributed by atoms with E-state index in [1.54, 1.807) is 7.11 Å². The van der Waals surface area contributed by atoms with Crippen LogP contribution in [0.1, 0.15) is 39.3 Å². The second-order valence-electron chi connectivity index (χ2n) is 7.53. The molecule has 0 heterocycles. The summed E-state index contributed by atoms with van der Waals surface area (Å²) >= 11 is 0. The van der Waals surface area contributed by atoms with Crippen molar-refractivity contribution in [2.75, 3.05) is 47.9 Å². The van der Waals surface area contributed by atoms with Crippen LogP contribution in [0.4, 0.5) is 0 Å². The number of ether oxygens (including phenoxy) is 1. The Morgan fingerprint density at radius 2 is 1.68 bits per heavy atom. The van der Waals surface area contributed by atoms with Gasteiger partial charge < -0.3 is 20.3 Å². The number of nitrogens with one attached hydrogen (secondary N) is 2. The van der Waals surface area contributed by atoms with E-state index in [0.29, 0.717) is 12.1 Å². The molecule has 1 unspecified atom stereocenters. The van der Waals surface area contributed by atoms with Crippen molar-refractivity contribution >= 4 is 29.9 Å². The minimum Gasteiger partial charge on any atom is -0.496 e. The largest absolute Gasteiger partial charge is 0.496 e. The van der Waals surface area contributed by atoms with Gasteiger partial charge in [-0.05, 0) is 47.9 Å². The van der Waals surface area contributed by atoms with Gasteiger partial charge in [0, 0.05) is 44.3 Å². The molecule has 1 atom stereocenters. The van der Waals surface area contributed by atoms with E-state index < -0.39 is 0 Å². The molecule has 7 heteroatoms. The SMILES string of the molecule is CN=C(NCCN(C(C)C)C(C)C)NCC(c1ccccc1OC)N(C)C.I. The number of benzene rings is 1. The molecule has 0 aliphatic rings. The van der Waals surface area contributed by atoms with E-state index >= 15 is 0 Å². The van der Waals surface area contributed by atoms with Gasteiger partial charge in [-0.25, -0.2) is 0 Å². The maximum absolute atomic E-state index is 5.54. The van der Waals surface area contributed by atoms with Crippen LogP contribution in [0.2, 0.25) is 0 Å². The zero-order valence-electron chi connectivity index (χ0n) is 18.8. The fourth-order valence-electron chi connectivity index (χ4n) is 3.34.